The van der Waals surface area contributed by atoms with Crippen molar-refractivity contribution >= 4 is 0 Å². The Bertz CT molecular complexity index is 128. The van der Waals surface area contributed by atoms with E-state index in [0.29, 0.717) is 0 Å². The molecule has 0 heterocycles. The first-order chi connectivity index (χ1) is 7.89. The molecule has 1 radical (unpaired) electrons. The summed E-state index contributed by atoms with van der Waals surface area (Å²) in [5.74, 6) is 0. The lowest BCUT2D eigenvalue weighted by atomic mass is 10.0. The topological polar surface area (TPSA) is 23.8 Å². The van der Waals surface area contributed by atoms with Crippen LogP contribution in [0.5, 0.6) is 0 Å². The van der Waals surface area contributed by atoms with E-state index in [1.165, 1.54) is 77.0 Å². The van der Waals surface area contributed by atoms with Gasteiger partial charge in [0.1, 0.15) is 0 Å². The van der Waals surface area contributed by atoms with Gasteiger partial charge in [-0.25, -0.2) is 0 Å². The minimum atomic E-state index is 0.241. The van der Waals surface area contributed by atoms with Gasteiger partial charge in [0.05, 0.1) is 0 Å². The van der Waals surface area contributed by atoms with Crippen molar-refractivity contribution in [3.8, 4) is 0 Å². The van der Waals surface area contributed by atoms with Crippen LogP contribution < -0.4 is 5.73 Å². The van der Waals surface area contributed by atoms with Gasteiger partial charge in [-0.1, -0.05) is 77.0 Å². The van der Waals surface area contributed by atoms with Gasteiger partial charge in [0.2, 0.25) is 0 Å². The minimum Gasteiger partial charge on any atom is -0.255 e. The molecule has 0 saturated heterocycles. The van der Waals surface area contributed by atoms with Gasteiger partial charge in [-0.15, -0.1) is 0 Å². The zero-order valence-electron chi connectivity index (χ0n) is 11.0. The molecule has 1 fully saturated rings. The summed E-state index contributed by atoms with van der Waals surface area (Å²) >= 11 is 0. The lowest BCUT2D eigenvalue weighted by molar-refractivity contribution is 0.481. The fraction of sp³-hybridized carbons (Fsp3) is 1.00. The highest BCUT2D eigenvalue weighted by molar-refractivity contribution is 4.61. The van der Waals surface area contributed by atoms with Crippen LogP contribution in [0.2, 0.25) is 0 Å². The van der Waals surface area contributed by atoms with Crippen molar-refractivity contribution in [1.29, 1.82) is 0 Å². The van der Waals surface area contributed by atoms with Crippen LogP contribution in [0.1, 0.15) is 89.9 Å². The van der Waals surface area contributed by atoms with Crippen molar-refractivity contribution in [3.63, 3.8) is 0 Å². The maximum Gasteiger partial charge on any atom is 0.0213 e. The predicted molar refractivity (Wildman–Crippen MR) is 71.5 cm³/mol. The predicted octanol–water partition coefficient (Wildman–Crippen LogP) is 5.11. The SMILES string of the molecule is [NH]C1CCCCCCCCCCCCCC1. The molecule has 0 aliphatic heterocycles. The van der Waals surface area contributed by atoms with Crippen LogP contribution in [-0.2, 0) is 0 Å². The van der Waals surface area contributed by atoms with Crippen molar-refractivity contribution in [2.75, 3.05) is 0 Å². The molecule has 95 valence electrons. The van der Waals surface area contributed by atoms with Gasteiger partial charge >= 0.3 is 0 Å². The zero-order valence-corrected chi connectivity index (χ0v) is 11.0. The maximum absolute atomic E-state index is 7.95. The third-order valence-electron chi connectivity index (χ3n) is 3.86. The lowest BCUT2D eigenvalue weighted by Crippen LogP contribution is -2.08. The third-order valence-corrected chi connectivity index (χ3v) is 3.86. The Balaban J connectivity index is 2.10. The molecule has 0 aromatic rings. The van der Waals surface area contributed by atoms with Crippen LogP contribution in [0, 0.1) is 0 Å². The van der Waals surface area contributed by atoms with E-state index in [0.717, 1.165) is 12.8 Å². The van der Waals surface area contributed by atoms with Gasteiger partial charge < -0.3 is 0 Å². The third kappa shape index (κ3) is 8.15. The van der Waals surface area contributed by atoms with E-state index in [-0.39, 0.29) is 6.04 Å². The van der Waals surface area contributed by atoms with Gasteiger partial charge in [-0.05, 0) is 12.8 Å². The van der Waals surface area contributed by atoms with E-state index >= 15 is 0 Å². The maximum atomic E-state index is 7.95. The molecule has 1 aliphatic rings. The summed E-state index contributed by atoms with van der Waals surface area (Å²) in [6, 6.07) is 0.241. The van der Waals surface area contributed by atoms with Crippen LogP contribution in [0.4, 0.5) is 0 Å². The first-order valence-electron chi connectivity index (χ1n) is 7.61. The van der Waals surface area contributed by atoms with Gasteiger partial charge in [-0.2, -0.15) is 0 Å². The van der Waals surface area contributed by atoms with Crippen LogP contribution in [0.3, 0.4) is 0 Å². The van der Waals surface area contributed by atoms with E-state index in [2.05, 4.69) is 0 Å². The summed E-state index contributed by atoms with van der Waals surface area (Å²) in [6.45, 7) is 0. The highest BCUT2D eigenvalue weighted by Gasteiger charge is 2.03. The lowest BCUT2D eigenvalue weighted by Gasteiger charge is -2.09. The van der Waals surface area contributed by atoms with Gasteiger partial charge in [0.15, 0.2) is 0 Å². The summed E-state index contributed by atoms with van der Waals surface area (Å²) in [5, 5.41) is 0. The highest BCUT2D eigenvalue weighted by Crippen LogP contribution is 2.16. The zero-order chi connectivity index (χ0) is 11.5. The second kappa shape index (κ2) is 10.1. The number of hydrogen-bond acceptors (Lipinski definition) is 0. The van der Waals surface area contributed by atoms with Gasteiger partial charge in [0.25, 0.3) is 0 Å². The van der Waals surface area contributed by atoms with Gasteiger partial charge in [-0.3, -0.25) is 5.73 Å². The Morgan fingerprint density at radius 2 is 0.688 bits per heavy atom. The fourth-order valence-electron chi connectivity index (χ4n) is 2.69. The van der Waals surface area contributed by atoms with E-state index in [1.807, 2.05) is 0 Å². The van der Waals surface area contributed by atoms with E-state index in [4.69, 9.17) is 5.73 Å². The normalized spacial score (nSPS) is 24.6. The van der Waals surface area contributed by atoms with E-state index in [1.54, 1.807) is 0 Å². The van der Waals surface area contributed by atoms with Crippen LogP contribution in [-0.4, -0.2) is 6.04 Å². The first-order valence-corrected chi connectivity index (χ1v) is 7.61. The van der Waals surface area contributed by atoms with Crippen LogP contribution in [0.15, 0.2) is 0 Å². The molecule has 0 bridgehead atoms. The second-order valence-corrected chi connectivity index (χ2v) is 5.52. The number of hydrogen-bond donors (Lipinski definition) is 0. The number of nitrogens with one attached hydrogen (secondary N) is 1. The average Bonchev–Trinajstić information content (AvgIpc) is 2.29. The van der Waals surface area contributed by atoms with Crippen molar-refractivity contribution in [2.45, 2.75) is 95.9 Å². The molecule has 0 unspecified atom stereocenters. The van der Waals surface area contributed by atoms with Crippen LogP contribution >= 0.6 is 0 Å². The molecule has 0 aromatic carbocycles. The minimum absolute atomic E-state index is 0.241. The molecule has 1 rings (SSSR count). The highest BCUT2D eigenvalue weighted by atomic mass is 14.6. The Morgan fingerprint density at radius 3 is 1.00 bits per heavy atom. The van der Waals surface area contributed by atoms with Gasteiger partial charge in [0, 0.05) is 6.04 Å². The van der Waals surface area contributed by atoms with Crippen molar-refractivity contribution in [3.05, 3.63) is 0 Å². The molecule has 16 heavy (non-hydrogen) atoms. The Hall–Kier alpha value is -0.0400. The molecular formula is C15H30N. The molecular weight excluding hydrogens is 194 g/mol. The first kappa shape index (κ1) is 14.0. The van der Waals surface area contributed by atoms with Crippen molar-refractivity contribution in [2.24, 2.45) is 0 Å². The smallest absolute Gasteiger partial charge is 0.0213 e. The fourth-order valence-corrected chi connectivity index (χ4v) is 2.69. The largest absolute Gasteiger partial charge is 0.255 e. The quantitative estimate of drug-likeness (QED) is 0.546. The molecule has 0 atom stereocenters. The summed E-state index contributed by atoms with van der Waals surface area (Å²) in [4.78, 5) is 0. The summed E-state index contributed by atoms with van der Waals surface area (Å²) in [7, 11) is 0. The second-order valence-electron chi connectivity index (χ2n) is 5.52. The summed E-state index contributed by atoms with van der Waals surface area (Å²) in [5.41, 5.74) is 7.95. The molecule has 0 aromatic heterocycles. The molecule has 1 N–H and O–H groups in total. The summed E-state index contributed by atoms with van der Waals surface area (Å²) < 4.78 is 0. The van der Waals surface area contributed by atoms with Crippen LogP contribution in [0.25, 0.3) is 0 Å². The standard InChI is InChI=1S/C15H30N/c16-15-13-11-9-7-5-3-1-2-4-6-8-10-12-14-15/h15-16H,1-14H2. The molecule has 1 nitrogen and oxygen atoms in total. The number of rotatable bonds is 0. The molecule has 0 amide bonds. The Labute approximate surface area is 102 Å². The molecule has 1 aliphatic carbocycles. The van der Waals surface area contributed by atoms with E-state index < -0.39 is 0 Å². The molecule has 0 spiro atoms. The Kier molecular flexibility index (Phi) is 8.88. The average molecular weight is 224 g/mol. The van der Waals surface area contributed by atoms with E-state index in [9.17, 15) is 0 Å². The monoisotopic (exact) mass is 224 g/mol. The Morgan fingerprint density at radius 1 is 0.438 bits per heavy atom. The molecule has 1 saturated carbocycles. The summed E-state index contributed by atoms with van der Waals surface area (Å²) in [6.07, 6.45) is 19.1. The molecule has 1 heteroatoms. The van der Waals surface area contributed by atoms with Crippen molar-refractivity contribution in [1.82, 2.24) is 5.73 Å². The van der Waals surface area contributed by atoms with Crippen molar-refractivity contribution < 1.29 is 0 Å².